The first-order valence-corrected chi connectivity index (χ1v) is 6.69. The number of rotatable bonds is 2. The van der Waals surface area contributed by atoms with E-state index >= 15 is 0 Å². The molecule has 1 atom stereocenters. The van der Waals surface area contributed by atoms with E-state index in [9.17, 15) is 4.79 Å². The average Bonchev–Trinajstić information content (AvgIpc) is 2.85. The maximum absolute atomic E-state index is 12.1. The first-order chi connectivity index (χ1) is 9.24. The molecular weight excluding hydrogens is 308 g/mol. The number of hydrogen-bond acceptors (Lipinski definition) is 3. The van der Waals surface area contributed by atoms with Gasteiger partial charge in [0, 0.05) is 12.6 Å². The minimum Gasteiger partial charge on any atom is -0.480 e. The number of ether oxygens (including phenoxy) is 1. The number of benzene rings is 1. The van der Waals surface area contributed by atoms with Crippen molar-refractivity contribution in [1.82, 2.24) is 4.98 Å². The molecule has 0 spiro atoms. The molecule has 2 heterocycles. The van der Waals surface area contributed by atoms with Crippen molar-refractivity contribution in [1.29, 1.82) is 0 Å². The summed E-state index contributed by atoms with van der Waals surface area (Å²) in [5.74, 6) is 1.10. The fraction of sp³-hybridized carbons (Fsp3) is 0.143. The van der Waals surface area contributed by atoms with Gasteiger partial charge in [-0.25, -0.2) is 4.98 Å². The van der Waals surface area contributed by atoms with E-state index in [1.165, 1.54) is 0 Å². The number of anilines is 1. The number of amides is 1. The summed E-state index contributed by atoms with van der Waals surface area (Å²) in [5, 5.41) is 2.77. The van der Waals surface area contributed by atoms with E-state index in [0.29, 0.717) is 12.2 Å². The van der Waals surface area contributed by atoms with Crippen molar-refractivity contribution in [3.63, 3.8) is 0 Å². The van der Waals surface area contributed by atoms with Gasteiger partial charge in [-0.2, -0.15) is 0 Å². The predicted octanol–water partition coefficient (Wildman–Crippen LogP) is 2.79. The molecule has 1 aliphatic rings. The number of para-hydroxylation sites is 1. The third-order valence-electron chi connectivity index (χ3n) is 2.94. The zero-order valence-electron chi connectivity index (χ0n) is 9.97. The molecule has 1 aromatic heterocycles. The third kappa shape index (κ3) is 2.46. The van der Waals surface area contributed by atoms with Crippen LogP contribution in [0.25, 0.3) is 0 Å². The number of carbonyl (C=O) groups excluding carboxylic acids is 1. The van der Waals surface area contributed by atoms with Gasteiger partial charge in [0.1, 0.15) is 11.6 Å². The monoisotopic (exact) mass is 318 g/mol. The molecule has 1 aliphatic heterocycles. The van der Waals surface area contributed by atoms with E-state index in [1.807, 2.05) is 30.3 Å². The Bertz CT molecular complexity index is 605. The highest BCUT2D eigenvalue weighted by Crippen LogP contribution is 2.29. The molecular formula is C14H11BrN2O2. The van der Waals surface area contributed by atoms with E-state index < -0.39 is 6.10 Å². The summed E-state index contributed by atoms with van der Waals surface area (Å²) in [4.78, 5) is 16.2. The van der Waals surface area contributed by atoms with Gasteiger partial charge in [0.05, 0.1) is 4.47 Å². The molecule has 19 heavy (non-hydrogen) atoms. The standard InChI is InChI=1S/C14H11BrN2O2/c15-10-5-3-7-16-13(10)17-14(18)12-8-9-4-1-2-6-11(9)19-12/h1-7,12H,8H2,(H,16,17,18). The fourth-order valence-electron chi connectivity index (χ4n) is 2.00. The number of carbonyl (C=O) groups is 1. The summed E-state index contributed by atoms with van der Waals surface area (Å²) in [5.41, 5.74) is 1.06. The lowest BCUT2D eigenvalue weighted by Crippen LogP contribution is -2.31. The first kappa shape index (κ1) is 12.2. The van der Waals surface area contributed by atoms with Crippen LogP contribution in [0, 0.1) is 0 Å². The van der Waals surface area contributed by atoms with Gasteiger partial charge in [0.2, 0.25) is 0 Å². The third-order valence-corrected chi connectivity index (χ3v) is 3.58. The van der Waals surface area contributed by atoms with Gasteiger partial charge in [0.25, 0.3) is 5.91 Å². The molecule has 0 saturated heterocycles. The van der Waals surface area contributed by atoms with E-state index in [2.05, 4.69) is 26.2 Å². The number of hydrogen-bond donors (Lipinski definition) is 1. The summed E-state index contributed by atoms with van der Waals surface area (Å²) >= 11 is 3.34. The molecule has 96 valence electrons. The van der Waals surface area contributed by atoms with Crippen LogP contribution in [0.3, 0.4) is 0 Å². The highest BCUT2D eigenvalue weighted by molar-refractivity contribution is 9.10. The molecule has 3 rings (SSSR count). The number of fused-ring (bicyclic) bond motifs is 1. The van der Waals surface area contributed by atoms with Gasteiger partial charge in [-0.3, -0.25) is 4.79 Å². The van der Waals surface area contributed by atoms with Gasteiger partial charge in [-0.15, -0.1) is 0 Å². The van der Waals surface area contributed by atoms with Gasteiger partial charge in [0.15, 0.2) is 6.10 Å². The minimum absolute atomic E-state index is 0.185. The Labute approximate surface area is 118 Å². The van der Waals surface area contributed by atoms with E-state index in [1.54, 1.807) is 12.3 Å². The minimum atomic E-state index is -0.494. The number of nitrogens with one attached hydrogen (secondary N) is 1. The van der Waals surface area contributed by atoms with Crippen molar-refractivity contribution in [2.75, 3.05) is 5.32 Å². The Morgan fingerprint density at radius 3 is 2.95 bits per heavy atom. The average molecular weight is 319 g/mol. The summed E-state index contributed by atoms with van der Waals surface area (Å²) in [6, 6.07) is 11.3. The molecule has 0 bridgehead atoms. The second-order valence-electron chi connectivity index (χ2n) is 4.24. The Kier molecular flexibility index (Phi) is 3.21. The molecule has 1 N–H and O–H groups in total. The van der Waals surface area contributed by atoms with Crippen molar-refractivity contribution < 1.29 is 9.53 Å². The number of halogens is 1. The largest absolute Gasteiger partial charge is 0.480 e. The second-order valence-corrected chi connectivity index (χ2v) is 5.10. The zero-order valence-corrected chi connectivity index (χ0v) is 11.6. The van der Waals surface area contributed by atoms with E-state index in [4.69, 9.17) is 4.74 Å². The van der Waals surface area contributed by atoms with Crippen LogP contribution in [-0.4, -0.2) is 17.0 Å². The van der Waals surface area contributed by atoms with Crippen LogP contribution >= 0.6 is 15.9 Å². The van der Waals surface area contributed by atoms with Crippen molar-refractivity contribution in [2.24, 2.45) is 0 Å². The number of pyridine rings is 1. The lowest BCUT2D eigenvalue weighted by atomic mass is 10.1. The Balaban J connectivity index is 1.72. The quantitative estimate of drug-likeness (QED) is 0.926. The summed E-state index contributed by atoms with van der Waals surface area (Å²) in [7, 11) is 0. The lowest BCUT2D eigenvalue weighted by Gasteiger charge is -2.11. The van der Waals surface area contributed by atoms with Crippen molar-refractivity contribution in [2.45, 2.75) is 12.5 Å². The predicted molar refractivity (Wildman–Crippen MR) is 75.1 cm³/mol. The highest BCUT2D eigenvalue weighted by Gasteiger charge is 2.29. The number of aromatic nitrogens is 1. The maximum Gasteiger partial charge on any atom is 0.266 e. The normalized spacial score (nSPS) is 16.6. The summed E-state index contributed by atoms with van der Waals surface area (Å²) < 4.78 is 6.37. The molecule has 5 heteroatoms. The van der Waals surface area contributed by atoms with Crippen LogP contribution in [0.1, 0.15) is 5.56 Å². The highest BCUT2D eigenvalue weighted by atomic mass is 79.9. The van der Waals surface area contributed by atoms with Crippen LogP contribution in [-0.2, 0) is 11.2 Å². The topological polar surface area (TPSA) is 51.2 Å². The Morgan fingerprint density at radius 1 is 1.32 bits per heavy atom. The maximum atomic E-state index is 12.1. The van der Waals surface area contributed by atoms with Crippen LogP contribution in [0.5, 0.6) is 5.75 Å². The van der Waals surface area contributed by atoms with Crippen molar-refractivity contribution >= 4 is 27.7 Å². The Morgan fingerprint density at radius 2 is 2.16 bits per heavy atom. The Hall–Kier alpha value is -1.88. The summed E-state index contributed by atoms with van der Waals surface area (Å²) in [6.07, 6.45) is 1.73. The van der Waals surface area contributed by atoms with Gasteiger partial charge < -0.3 is 10.1 Å². The smallest absolute Gasteiger partial charge is 0.266 e. The lowest BCUT2D eigenvalue weighted by molar-refractivity contribution is -0.122. The molecule has 0 saturated carbocycles. The first-order valence-electron chi connectivity index (χ1n) is 5.90. The summed E-state index contributed by atoms with van der Waals surface area (Å²) in [6.45, 7) is 0. The van der Waals surface area contributed by atoms with Crippen molar-refractivity contribution in [3.8, 4) is 5.75 Å². The molecule has 1 unspecified atom stereocenters. The van der Waals surface area contributed by atoms with Crippen molar-refractivity contribution in [3.05, 3.63) is 52.6 Å². The number of nitrogens with zero attached hydrogens (tertiary/aromatic N) is 1. The molecule has 2 aromatic rings. The molecule has 1 aromatic carbocycles. The zero-order chi connectivity index (χ0) is 13.2. The van der Waals surface area contributed by atoms with Gasteiger partial charge in [-0.1, -0.05) is 18.2 Å². The van der Waals surface area contributed by atoms with Crippen LogP contribution < -0.4 is 10.1 Å². The van der Waals surface area contributed by atoms with E-state index in [-0.39, 0.29) is 5.91 Å². The molecule has 0 radical (unpaired) electrons. The SMILES string of the molecule is O=C(Nc1ncccc1Br)C1Cc2ccccc2O1. The fourth-order valence-corrected chi connectivity index (χ4v) is 2.36. The molecule has 0 aliphatic carbocycles. The molecule has 0 fully saturated rings. The second kappa shape index (κ2) is 5.01. The van der Waals surface area contributed by atoms with Gasteiger partial charge >= 0.3 is 0 Å². The van der Waals surface area contributed by atoms with Crippen LogP contribution in [0.2, 0.25) is 0 Å². The van der Waals surface area contributed by atoms with Gasteiger partial charge in [-0.05, 0) is 39.7 Å². The van der Waals surface area contributed by atoms with E-state index in [0.717, 1.165) is 15.8 Å². The van der Waals surface area contributed by atoms with Crippen LogP contribution in [0.15, 0.2) is 47.1 Å². The molecule has 1 amide bonds. The molecule has 4 nitrogen and oxygen atoms in total. The van der Waals surface area contributed by atoms with Crippen LogP contribution in [0.4, 0.5) is 5.82 Å².